The highest BCUT2D eigenvalue weighted by Gasteiger charge is 2.19. The molecule has 5 rings (SSSR count). The summed E-state index contributed by atoms with van der Waals surface area (Å²) in [5.41, 5.74) is 5.13. The predicted molar refractivity (Wildman–Crippen MR) is 146 cm³/mol. The first-order valence-electron chi connectivity index (χ1n) is 12.1. The van der Waals surface area contributed by atoms with Crippen LogP contribution in [0.25, 0.3) is 28.1 Å². The highest BCUT2D eigenvalue weighted by molar-refractivity contribution is 6.01. The van der Waals surface area contributed by atoms with Crippen molar-refractivity contribution in [1.29, 1.82) is 0 Å². The van der Waals surface area contributed by atoms with Gasteiger partial charge in [0.15, 0.2) is 0 Å². The lowest BCUT2D eigenvalue weighted by Gasteiger charge is -2.18. The van der Waals surface area contributed by atoms with Crippen LogP contribution >= 0.6 is 0 Å². The van der Waals surface area contributed by atoms with E-state index in [0.29, 0.717) is 34.5 Å². The van der Waals surface area contributed by atoms with Crippen molar-refractivity contribution in [3.05, 3.63) is 125 Å². The third-order valence-corrected chi connectivity index (χ3v) is 6.14. The van der Waals surface area contributed by atoms with Gasteiger partial charge in [0.2, 0.25) is 5.88 Å². The Labute approximate surface area is 218 Å². The Hall–Kier alpha value is -5.04. The number of halogens is 1. The minimum atomic E-state index is -1.02. The van der Waals surface area contributed by atoms with Crippen molar-refractivity contribution in [2.24, 2.45) is 0 Å². The Morgan fingerprint density at radius 1 is 1.03 bits per heavy atom. The molecular weight excluding hydrogens is 481 g/mol. The lowest BCUT2D eigenvalue weighted by atomic mass is 9.87. The topological polar surface area (TPSA) is 88.1 Å². The number of allylic oxidation sites excluding steroid dienone is 1. The van der Waals surface area contributed by atoms with Crippen molar-refractivity contribution in [2.45, 2.75) is 13.3 Å². The highest BCUT2D eigenvalue weighted by Crippen LogP contribution is 2.38. The van der Waals surface area contributed by atoms with E-state index in [9.17, 15) is 4.79 Å². The van der Waals surface area contributed by atoms with E-state index in [-0.39, 0.29) is 5.82 Å². The molecule has 0 radical (unpaired) electrons. The molecule has 38 heavy (non-hydrogen) atoms. The average Bonchev–Trinajstić information content (AvgIpc) is 3.42. The second-order valence-corrected chi connectivity index (χ2v) is 8.56. The molecule has 0 spiro atoms. The Kier molecular flexibility index (Phi) is 7.08. The number of aromatic nitrogens is 3. The van der Waals surface area contributed by atoms with Crippen LogP contribution in [0.15, 0.2) is 97.3 Å². The summed E-state index contributed by atoms with van der Waals surface area (Å²) in [4.78, 5) is 15.2. The molecule has 0 fully saturated rings. The van der Waals surface area contributed by atoms with E-state index >= 15 is 4.39 Å². The van der Waals surface area contributed by atoms with Gasteiger partial charge in [-0.2, -0.15) is 5.10 Å². The fourth-order valence-electron chi connectivity index (χ4n) is 4.40. The normalized spacial score (nSPS) is 12.1. The van der Waals surface area contributed by atoms with Crippen molar-refractivity contribution in [3.63, 3.8) is 0 Å². The number of pyridine rings is 1. The third-order valence-electron chi connectivity index (χ3n) is 6.14. The summed E-state index contributed by atoms with van der Waals surface area (Å²) in [6, 6.07) is 24.1. The van der Waals surface area contributed by atoms with Crippen LogP contribution in [-0.2, 0) is 4.79 Å². The molecule has 6 nitrogen and oxygen atoms in total. The van der Waals surface area contributed by atoms with Gasteiger partial charge < -0.3 is 9.84 Å². The monoisotopic (exact) mass is 505 g/mol. The van der Waals surface area contributed by atoms with Gasteiger partial charge in [0.05, 0.1) is 17.1 Å². The first kappa shape index (κ1) is 24.6. The molecule has 7 heteroatoms. The van der Waals surface area contributed by atoms with Crippen molar-refractivity contribution in [1.82, 2.24) is 15.2 Å². The minimum absolute atomic E-state index is 0.368. The van der Waals surface area contributed by atoms with Gasteiger partial charge in [-0.1, -0.05) is 49.4 Å². The lowest BCUT2D eigenvalue weighted by Crippen LogP contribution is -1.99. The predicted octanol–water partition coefficient (Wildman–Crippen LogP) is 7.36. The van der Waals surface area contributed by atoms with E-state index in [1.807, 2.05) is 73.7 Å². The number of aliphatic carboxylic acids is 1. The molecule has 3 aromatic carbocycles. The molecule has 0 unspecified atom stereocenters. The van der Waals surface area contributed by atoms with Gasteiger partial charge in [-0.25, -0.2) is 14.2 Å². The zero-order valence-corrected chi connectivity index (χ0v) is 20.6. The molecule has 0 saturated carbocycles. The summed E-state index contributed by atoms with van der Waals surface area (Å²) in [7, 11) is 0. The molecule has 5 aromatic rings. The number of carboxylic acids is 1. The number of aromatic amines is 1. The largest absolute Gasteiger partial charge is 0.478 e. The van der Waals surface area contributed by atoms with Gasteiger partial charge in [0, 0.05) is 23.9 Å². The second kappa shape index (κ2) is 10.9. The number of nitrogens with zero attached hydrogens (tertiary/aromatic N) is 2. The van der Waals surface area contributed by atoms with E-state index in [1.54, 1.807) is 18.3 Å². The number of fused-ring (bicyclic) bond motifs is 1. The van der Waals surface area contributed by atoms with Gasteiger partial charge in [0.25, 0.3) is 0 Å². The van der Waals surface area contributed by atoms with E-state index in [2.05, 4.69) is 15.2 Å². The molecule has 0 amide bonds. The Morgan fingerprint density at radius 2 is 1.87 bits per heavy atom. The molecule has 0 bridgehead atoms. The molecule has 2 aromatic heterocycles. The summed E-state index contributed by atoms with van der Waals surface area (Å²) >= 11 is 0. The van der Waals surface area contributed by atoms with Gasteiger partial charge >= 0.3 is 5.97 Å². The van der Waals surface area contributed by atoms with Crippen LogP contribution in [-0.4, -0.2) is 26.3 Å². The zero-order chi connectivity index (χ0) is 26.5. The summed E-state index contributed by atoms with van der Waals surface area (Å²) in [5, 5.41) is 16.2. The van der Waals surface area contributed by atoms with E-state index < -0.39 is 5.97 Å². The number of hydrogen-bond donors (Lipinski definition) is 2. The number of carbonyl (C=O) groups is 1. The van der Waals surface area contributed by atoms with Crippen molar-refractivity contribution in [3.8, 4) is 11.6 Å². The van der Waals surface area contributed by atoms with Gasteiger partial charge in [-0.15, -0.1) is 0 Å². The summed E-state index contributed by atoms with van der Waals surface area (Å²) < 4.78 is 21.9. The number of nitrogens with one attached hydrogen (secondary N) is 1. The molecule has 0 aliphatic rings. The quantitative estimate of drug-likeness (QED) is 0.170. The molecule has 0 saturated heterocycles. The number of carboxylic acid groups (broad SMARTS) is 1. The first-order chi connectivity index (χ1) is 18.5. The average molecular weight is 506 g/mol. The third kappa shape index (κ3) is 5.22. The zero-order valence-electron chi connectivity index (χ0n) is 20.6. The van der Waals surface area contributed by atoms with Gasteiger partial charge in [-0.3, -0.25) is 5.10 Å². The van der Waals surface area contributed by atoms with Crippen LogP contribution in [0.3, 0.4) is 0 Å². The van der Waals surface area contributed by atoms with E-state index in [0.717, 1.165) is 33.9 Å². The molecule has 2 heterocycles. The van der Waals surface area contributed by atoms with Crippen LogP contribution in [0.2, 0.25) is 0 Å². The highest BCUT2D eigenvalue weighted by atomic mass is 19.1. The van der Waals surface area contributed by atoms with Crippen molar-refractivity contribution < 1.29 is 19.0 Å². The maximum atomic E-state index is 15.9. The van der Waals surface area contributed by atoms with Crippen LogP contribution in [0.5, 0.6) is 11.6 Å². The Balaban J connectivity index is 1.67. The number of rotatable bonds is 8. The van der Waals surface area contributed by atoms with Crippen molar-refractivity contribution in [2.75, 3.05) is 0 Å². The SMILES string of the molecule is CCC(=C(c1ccc(C=CC(=O)O)cc1)c1ccc2[nH]ncc2c1F)c1cccc(Oc2ccccn2)c1. The van der Waals surface area contributed by atoms with Crippen LogP contribution in [0.1, 0.15) is 35.6 Å². The number of hydrogen-bond acceptors (Lipinski definition) is 4. The van der Waals surface area contributed by atoms with E-state index in [1.165, 1.54) is 12.3 Å². The standard InChI is InChI=1S/C31H24FN3O3/c1-2-24(22-6-5-7-23(18-22)38-28-8-3-4-17-33-28)30(21-12-9-20(10-13-21)11-16-29(36)37)25-14-15-27-26(31(25)32)19-34-35-27/h3-19H,2H2,1H3,(H,34,35)(H,36,37). The fourth-order valence-corrected chi connectivity index (χ4v) is 4.40. The minimum Gasteiger partial charge on any atom is -0.478 e. The van der Waals surface area contributed by atoms with Crippen LogP contribution in [0.4, 0.5) is 4.39 Å². The van der Waals surface area contributed by atoms with E-state index in [4.69, 9.17) is 9.84 Å². The summed E-state index contributed by atoms with van der Waals surface area (Å²) in [6.45, 7) is 2.03. The molecule has 0 aliphatic carbocycles. The Bertz CT molecular complexity index is 1660. The number of H-pyrrole nitrogens is 1. The molecule has 0 aliphatic heterocycles. The van der Waals surface area contributed by atoms with Gasteiger partial charge in [-0.05, 0) is 70.7 Å². The smallest absolute Gasteiger partial charge is 0.328 e. The fraction of sp³-hybridized carbons (Fsp3) is 0.0645. The second-order valence-electron chi connectivity index (χ2n) is 8.56. The summed E-state index contributed by atoms with van der Waals surface area (Å²) in [5.74, 6) is -0.293. The van der Waals surface area contributed by atoms with Gasteiger partial charge in [0.1, 0.15) is 11.6 Å². The van der Waals surface area contributed by atoms with Crippen LogP contribution in [0, 0.1) is 5.82 Å². The summed E-state index contributed by atoms with van der Waals surface area (Å²) in [6.07, 6.45) is 6.37. The molecule has 0 atom stereocenters. The van der Waals surface area contributed by atoms with Crippen molar-refractivity contribution >= 4 is 34.1 Å². The maximum absolute atomic E-state index is 15.9. The molecule has 2 N–H and O–H groups in total. The lowest BCUT2D eigenvalue weighted by molar-refractivity contribution is -0.131. The Morgan fingerprint density at radius 3 is 2.61 bits per heavy atom. The molecular formula is C31H24FN3O3. The first-order valence-corrected chi connectivity index (χ1v) is 12.1. The number of ether oxygens (including phenoxy) is 1. The maximum Gasteiger partial charge on any atom is 0.328 e. The number of benzene rings is 3. The van der Waals surface area contributed by atoms with Crippen LogP contribution < -0.4 is 4.74 Å². The molecule has 188 valence electrons.